The van der Waals surface area contributed by atoms with Gasteiger partial charge >= 0.3 is 0 Å². The van der Waals surface area contributed by atoms with E-state index in [-0.39, 0.29) is 34.9 Å². The molecule has 4 bridgehead atoms. The van der Waals surface area contributed by atoms with E-state index in [9.17, 15) is 15.0 Å². The highest BCUT2D eigenvalue weighted by molar-refractivity contribution is 5.87. The first-order valence-electron chi connectivity index (χ1n) is 7.11. The quantitative estimate of drug-likeness (QED) is 0.747. The van der Waals surface area contributed by atoms with E-state index in [1.165, 1.54) is 0 Å². The number of hydrogen-bond acceptors (Lipinski definition) is 3. The maximum Gasteiger partial charge on any atom is 0.139 e. The van der Waals surface area contributed by atoms with Gasteiger partial charge in [0.2, 0.25) is 0 Å². The second kappa shape index (κ2) is 3.18. The van der Waals surface area contributed by atoms with Crippen LogP contribution >= 0.6 is 0 Å². The van der Waals surface area contributed by atoms with Gasteiger partial charge in [-0.25, -0.2) is 0 Å². The fraction of sp³-hybridized carbons (Fsp3) is 0.933. The van der Waals surface area contributed by atoms with Crippen molar-refractivity contribution in [2.45, 2.75) is 58.2 Å². The van der Waals surface area contributed by atoms with Crippen LogP contribution in [0.3, 0.4) is 0 Å². The molecule has 0 radical (unpaired) electrons. The van der Waals surface area contributed by atoms with Crippen molar-refractivity contribution in [2.75, 3.05) is 0 Å². The number of ketones is 1. The first-order valence-corrected chi connectivity index (χ1v) is 7.11. The number of Topliss-reactive ketones (excluding diaryl/α,β-unsaturated/α-hetero) is 1. The summed E-state index contributed by atoms with van der Waals surface area (Å²) in [7, 11) is 0. The number of carbonyl (C=O) groups excluding carboxylic acids is 1. The van der Waals surface area contributed by atoms with E-state index in [0.717, 1.165) is 12.8 Å². The van der Waals surface area contributed by atoms with E-state index in [1.807, 2.05) is 0 Å². The van der Waals surface area contributed by atoms with Gasteiger partial charge in [-0.3, -0.25) is 4.79 Å². The van der Waals surface area contributed by atoms with E-state index in [0.29, 0.717) is 6.42 Å². The van der Waals surface area contributed by atoms with Crippen LogP contribution in [0.25, 0.3) is 0 Å². The van der Waals surface area contributed by atoms with Crippen molar-refractivity contribution in [1.82, 2.24) is 0 Å². The van der Waals surface area contributed by atoms with Crippen molar-refractivity contribution in [1.29, 1.82) is 0 Å². The standard InChI is InChI=1S/C15H24O3/c1-8-7-9(16)12-14(4)6-5-10(13(2,3)17)15(12,18)11(8)14/h8,10-12,17-18H,5-7H2,1-4H3/t8-,10+,11-,12-,14?,15-/m1/s1. The Balaban J connectivity index is 2.08. The van der Waals surface area contributed by atoms with Crippen molar-refractivity contribution in [3.8, 4) is 0 Å². The highest BCUT2D eigenvalue weighted by atomic mass is 16.3. The summed E-state index contributed by atoms with van der Waals surface area (Å²) in [5.41, 5.74) is -1.89. The maximum absolute atomic E-state index is 12.3. The van der Waals surface area contributed by atoms with Gasteiger partial charge in [0, 0.05) is 12.3 Å². The molecule has 18 heavy (non-hydrogen) atoms. The van der Waals surface area contributed by atoms with Gasteiger partial charge in [-0.1, -0.05) is 13.8 Å². The van der Waals surface area contributed by atoms with E-state index < -0.39 is 11.2 Å². The zero-order valence-corrected chi connectivity index (χ0v) is 11.7. The number of fused-ring (bicyclic) bond motifs is 2. The summed E-state index contributed by atoms with van der Waals surface area (Å²) in [6.45, 7) is 7.77. The molecule has 3 heteroatoms. The van der Waals surface area contributed by atoms with Crippen molar-refractivity contribution in [3.05, 3.63) is 0 Å². The Bertz CT molecular complexity index is 406. The van der Waals surface area contributed by atoms with E-state index in [1.54, 1.807) is 13.8 Å². The Labute approximate surface area is 109 Å². The zero-order chi connectivity index (χ0) is 13.5. The lowest BCUT2D eigenvalue weighted by atomic mass is 9.29. The maximum atomic E-state index is 12.3. The minimum absolute atomic E-state index is 0.0226. The predicted octanol–water partition coefficient (Wildman–Crippen LogP) is 1.76. The van der Waals surface area contributed by atoms with Crippen molar-refractivity contribution >= 4 is 5.78 Å². The molecule has 0 amide bonds. The molecular formula is C15H24O3. The van der Waals surface area contributed by atoms with Crippen LogP contribution in [-0.2, 0) is 4.79 Å². The molecule has 6 atom stereocenters. The summed E-state index contributed by atoms with van der Waals surface area (Å²) in [4.78, 5) is 12.3. The minimum atomic E-state index is -0.958. The largest absolute Gasteiger partial charge is 0.390 e. The Kier molecular flexibility index (Phi) is 2.23. The average molecular weight is 252 g/mol. The molecule has 4 saturated carbocycles. The molecule has 0 heterocycles. The first kappa shape index (κ1) is 12.6. The lowest BCUT2D eigenvalue weighted by molar-refractivity contribution is -0.338. The van der Waals surface area contributed by atoms with Gasteiger partial charge in [-0.05, 0) is 43.9 Å². The van der Waals surface area contributed by atoms with Crippen LogP contribution in [0.5, 0.6) is 0 Å². The molecule has 0 aliphatic heterocycles. The smallest absolute Gasteiger partial charge is 0.139 e. The molecule has 1 unspecified atom stereocenters. The molecule has 4 aliphatic rings. The number of rotatable bonds is 1. The topological polar surface area (TPSA) is 57.5 Å². The number of carbonyl (C=O) groups is 1. The van der Waals surface area contributed by atoms with Gasteiger partial charge in [0.25, 0.3) is 0 Å². The molecule has 0 aromatic rings. The summed E-state index contributed by atoms with van der Waals surface area (Å²) in [5.74, 6) is 0.217. The number of hydrogen-bond donors (Lipinski definition) is 2. The first-order chi connectivity index (χ1) is 8.13. The van der Waals surface area contributed by atoms with Gasteiger partial charge in [0.1, 0.15) is 5.78 Å². The SMILES string of the molecule is C[C@@H]1CC(=O)[C@@H]2C3(C)CC[C@@H](C(C)(C)O)[C@@]2(O)[C@H]13. The molecule has 0 spiro atoms. The van der Waals surface area contributed by atoms with Gasteiger partial charge in [0.05, 0.1) is 17.1 Å². The fourth-order valence-corrected chi connectivity index (χ4v) is 5.93. The molecule has 0 saturated heterocycles. The third kappa shape index (κ3) is 1.16. The summed E-state index contributed by atoms with van der Waals surface area (Å²) >= 11 is 0. The third-order valence-electron chi connectivity index (χ3n) is 6.13. The van der Waals surface area contributed by atoms with E-state index >= 15 is 0 Å². The van der Waals surface area contributed by atoms with Crippen molar-refractivity contribution in [2.24, 2.45) is 29.1 Å². The predicted molar refractivity (Wildman–Crippen MR) is 67.8 cm³/mol. The Morgan fingerprint density at radius 1 is 1.39 bits per heavy atom. The van der Waals surface area contributed by atoms with Crippen LogP contribution in [0, 0.1) is 29.1 Å². The van der Waals surface area contributed by atoms with Crippen molar-refractivity contribution < 1.29 is 15.0 Å². The van der Waals surface area contributed by atoms with Gasteiger partial charge < -0.3 is 10.2 Å². The van der Waals surface area contributed by atoms with E-state index in [2.05, 4.69) is 13.8 Å². The molecule has 0 aromatic heterocycles. The molecule has 0 aromatic carbocycles. The summed E-state index contributed by atoms with van der Waals surface area (Å²) in [6, 6.07) is 0. The second-order valence-electron chi connectivity index (χ2n) is 7.70. The minimum Gasteiger partial charge on any atom is -0.390 e. The average Bonchev–Trinajstić information content (AvgIpc) is 2.11. The Morgan fingerprint density at radius 2 is 2.00 bits per heavy atom. The van der Waals surface area contributed by atoms with Gasteiger partial charge in [0.15, 0.2) is 0 Å². The molecule has 2 N–H and O–H groups in total. The van der Waals surface area contributed by atoms with Crippen LogP contribution in [0.4, 0.5) is 0 Å². The summed E-state index contributed by atoms with van der Waals surface area (Å²) in [5, 5.41) is 21.5. The zero-order valence-electron chi connectivity index (χ0n) is 11.7. The lowest BCUT2D eigenvalue weighted by Gasteiger charge is -2.76. The summed E-state index contributed by atoms with van der Waals surface area (Å²) < 4.78 is 0. The Hall–Kier alpha value is -0.410. The van der Waals surface area contributed by atoms with Gasteiger partial charge in [-0.15, -0.1) is 0 Å². The highest BCUT2D eigenvalue weighted by Gasteiger charge is 2.79. The molecule has 4 rings (SSSR count). The van der Waals surface area contributed by atoms with Crippen LogP contribution in [0.2, 0.25) is 0 Å². The molecular weight excluding hydrogens is 228 g/mol. The van der Waals surface area contributed by atoms with Crippen LogP contribution in [-0.4, -0.2) is 27.2 Å². The monoisotopic (exact) mass is 252 g/mol. The number of aliphatic hydroxyl groups is 2. The van der Waals surface area contributed by atoms with Gasteiger partial charge in [-0.2, -0.15) is 0 Å². The summed E-state index contributed by atoms with van der Waals surface area (Å²) in [6.07, 6.45) is 2.38. The normalized spacial score (nSPS) is 55.1. The fourth-order valence-electron chi connectivity index (χ4n) is 5.93. The second-order valence-corrected chi connectivity index (χ2v) is 7.70. The molecule has 3 nitrogen and oxygen atoms in total. The van der Waals surface area contributed by atoms with Crippen LogP contribution < -0.4 is 0 Å². The highest BCUT2D eigenvalue weighted by Crippen LogP contribution is 2.74. The molecule has 4 aliphatic carbocycles. The van der Waals surface area contributed by atoms with Crippen molar-refractivity contribution in [3.63, 3.8) is 0 Å². The lowest BCUT2D eigenvalue weighted by Crippen LogP contribution is -2.82. The third-order valence-corrected chi connectivity index (χ3v) is 6.13. The molecule has 4 fully saturated rings. The van der Waals surface area contributed by atoms with E-state index in [4.69, 9.17) is 0 Å². The van der Waals surface area contributed by atoms with Crippen LogP contribution in [0.1, 0.15) is 47.0 Å². The Morgan fingerprint density at radius 3 is 2.50 bits per heavy atom. The molecule has 102 valence electrons. The van der Waals surface area contributed by atoms with Crippen LogP contribution in [0.15, 0.2) is 0 Å².